The summed E-state index contributed by atoms with van der Waals surface area (Å²) in [6.45, 7) is 1.08. The molecular weight excluding hydrogens is 412 g/mol. The predicted molar refractivity (Wildman–Crippen MR) is 122 cm³/mol. The van der Waals surface area contributed by atoms with Crippen LogP contribution >= 0.6 is 24.8 Å². The van der Waals surface area contributed by atoms with Crippen molar-refractivity contribution >= 4 is 36.3 Å². The Morgan fingerprint density at radius 3 is 2.48 bits per heavy atom. The monoisotopic (exact) mass is 439 g/mol. The van der Waals surface area contributed by atoms with Crippen molar-refractivity contribution in [2.24, 2.45) is 11.5 Å². The summed E-state index contributed by atoms with van der Waals surface area (Å²) in [6.07, 6.45) is 4.94. The molecule has 0 aromatic heterocycles. The van der Waals surface area contributed by atoms with Gasteiger partial charge in [0.25, 0.3) is 0 Å². The van der Waals surface area contributed by atoms with Gasteiger partial charge in [0.05, 0.1) is 6.42 Å². The van der Waals surface area contributed by atoms with Gasteiger partial charge in [-0.3, -0.25) is 4.79 Å². The van der Waals surface area contributed by atoms with E-state index < -0.39 is 0 Å². The van der Waals surface area contributed by atoms with Crippen molar-refractivity contribution in [1.82, 2.24) is 5.32 Å². The van der Waals surface area contributed by atoms with Crippen LogP contribution in [0, 0.1) is 5.82 Å². The van der Waals surface area contributed by atoms with Gasteiger partial charge in [-0.15, -0.1) is 24.8 Å². The number of nitrogens with two attached hydrogens (primary N) is 2. The topological polar surface area (TPSA) is 81.1 Å². The van der Waals surface area contributed by atoms with Crippen LogP contribution in [0.3, 0.4) is 0 Å². The number of allylic oxidation sites excluding steroid dienone is 1. The van der Waals surface area contributed by atoms with Crippen LogP contribution in [0.15, 0.2) is 48.5 Å². The molecule has 0 unspecified atom stereocenters. The Hall–Kier alpha value is -1.92. The molecule has 158 valence electrons. The van der Waals surface area contributed by atoms with Crippen molar-refractivity contribution in [1.29, 1.82) is 0 Å². The summed E-state index contributed by atoms with van der Waals surface area (Å²) >= 11 is 0. The highest BCUT2D eigenvalue weighted by Gasteiger charge is 2.18. The van der Waals surface area contributed by atoms with Crippen molar-refractivity contribution in [2.75, 3.05) is 13.1 Å². The summed E-state index contributed by atoms with van der Waals surface area (Å²) in [7, 11) is 0. The van der Waals surface area contributed by atoms with Crippen LogP contribution in [0.4, 0.5) is 4.39 Å². The summed E-state index contributed by atoms with van der Waals surface area (Å²) in [4.78, 5) is 12.3. The Labute approximate surface area is 183 Å². The molecule has 7 heteroatoms. The lowest BCUT2D eigenvalue weighted by atomic mass is 9.97. The Morgan fingerprint density at radius 2 is 1.79 bits per heavy atom. The summed E-state index contributed by atoms with van der Waals surface area (Å²) < 4.78 is 13.2. The quantitative estimate of drug-likeness (QED) is 0.583. The minimum Gasteiger partial charge on any atom is -0.354 e. The van der Waals surface area contributed by atoms with E-state index in [0.29, 0.717) is 19.5 Å². The van der Waals surface area contributed by atoms with Crippen molar-refractivity contribution in [2.45, 2.75) is 31.7 Å². The SMILES string of the molecule is Cl.Cl.NCCC[C@H](N)CNC(=O)CC1=CCc2ccc(-c3ccc(F)cc3)cc21. The summed E-state index contributed by atoms with van der Waals surface area (Å²) in [5.41, 5.74) is 16.8. The zero-order valence-electron chi connectivity index (χ0n) is 16.2. The number of hydrogen-bond donors (Lipinski definition) is 3. The van der Waals surface area contributed by atoms with E-state index >= 15 is 0 Å². The Bertz CT molecular complexity index is 840. The number of rotatable bonds is 8. The molecule has 0 saturated heterocycles. The number of carbonyl (C=O) groups is 1. The highest BCUT2D eigenvalue weighted by molar-refractivity contribution is 5.91. The normalized spacial score (nSPS) is 12.9. The van der Waals surface area contributed by atoms with Crippen molar-refractivity contribution in [3.8, 4) is 11.1 Å². The molecule has 1 aliphatic rings. The highest BCUT2D eigenvalue weighted by Crippen LogP contribution is 2.33. The number of nitrogens with one attached hydrogen (secondary N) is 1. The first-order chi connectivity index (χ1) is 13.1. The lowest BCUT2D eigenvalue weighted by molar-refractivity contribution is -0.120. The molecule has 0 saturated carbocycles. The maximum Gasteiger partial charge on any atom is 0.224 e. The first kappa shape index (κ1) is 25.1. The van der Waals surface area contributed by atoms with Gasteiger partial charge in [0, 0.05) is 12.6 Å². The first-order valence-electron chi connectivity index (χ1n) is 9.37. The van der Waals surface area contributed by atoms with Crippen LogP contribution in [0.25, 0.3) is 16.7 Å². The number of halogens is 3. The second-order valence-electron chi connectivity index (χ2n) is 6.98. The van der Waals surface area contributed by atoms with E-state index in [1.807, 2.05) is 6.07 Å². The van der Waals surface area contributed by atoms with E-state index in [1.54, 1.807) is 12.1 Å². The van der Waals surface area contributed by atoms with E-state index in [-0.39, 0.29) is 42.6 Å². The minimum absolute atomic E-state index is 0. The predicted octanol–water partition coefficient (Wildman–Crippen LogP) is 3.85. The molecule has 2 aromatic rings. The summed E-state index contributed by atoms with van der Waals surface area (Å²) in [5, 5.41) is 2.91. The maximum absolute atomic E-state index is 13.2. The molecule has 0 fully saturated rings. The van der Waals surface area contributed by atoms with Gasteiger partial charge in [0.1, 0.15) is 5.82 Å². The van der Waals surface area contributed by atoms with Gasteiger partial charge in [-0.2, -0.15) is 0 Å². The fraction of sp³-hybridized carbons (Fsp3) is 0.318. The standard InChI is InChI=1S/C22H26FN3O.2ClH/c23-19-9-7-15(8-10-19)17-5-3-16-4-6-18(21(16)12-17)13-22(27)26-14-20(25)2-1-11-24;;/h3,5-10,12,20H,1-2,4,11,13-14,24-25H2,(H,26,27);2*1H/t20-;;/m0../s1. The smallest absolute Gasteiger partial charge is 0.224 e. The van der Waals surface area contributed by atoms with Crippen LogP contribution in [-0.2, 0) is 11.2 Å². The molecule has 0 spiro atoms. The molecule has 4 nitrogen and oxygen atoms in total. The second-order valence-corrected chi connectivity index (χ2v) is 6.98. The minimum atomic E-state index is -0.248. The van der Waals surface area contributed by atoms with Gasteiger partial charge in [-0.1, -0.05) is 30.3 Å². The molecule has 3 rings (SSSR count). The number of carbonyl (C=O) groups excluding carboxylic acids is 1. The van der Waals surface area contributed by atoms with Gasteiger partial charge in [-0.05, 0) is 71.8 Å². The number of benzene rings is 2. The van der Waals surface area contributed by atoms with Gasteiger partial charge in [0.2, 0.25) is 5.91 Å². The van der Waals surface area contributed by atoms with Crippen LogP contribution in [0.2, 0.25) is 0 Å². The molecule has 29 heavy (non-hydrogen) atoms. The molecule has 5 N–H and O–H groups in total. The van der Waals surface area contributed by atoms with Crippen LogP contribution in [0.1, 0.15) is 30.4 Å². The Morgan fingerprint density at radius 1 is 1.10 bits per heavy atom. The largest absolute Gasteiger partial charge is 0.354 e. The van der Waals surface area contributed by atoms with E-state index in [4.69, 9.17) is 11.5 Å². The third-order valence-corrected chi connectivity index (χ3v) is 4.89. The molecule has 2 aromatic carbocycles. The molecule has 1 amide bonds. The molecular formula is C22H28Cl2FN3O. The number of hydrogen-bond acceptors (Lipinski definition) is 3. The van der Waals surface area contributed by atoms with Gasteiger partial charge in [0.15, 0.2) is 0 Å². The van der Waals surface area contributed by atoms with Gasteiger partial charge >= 0.3 is 0 Å². The number of fused-ring (bicyclic) bond motifs is 1. The Kier molecular flexibility index (Phi) is 10.3. The molecule has 1 aliphatic carbocycles. The van der Waals surface area contributed by atoms with E-state index in [0.717, 1.165) is 41.5 Å². The lowest BCUT2D eigenvalue weighted by Gasteiger charge is -2.13. The van der Waals surface area contributed by atoms with Crippen LogP contribution < -0.4 is 16.8 Å². The second kappa shape index (κ2) is 11.9. The summed E-state index contributed by atoms with van der Waals surface area (Å²) in [6, 6.07) is 12.6. The third-order valence-electron chi connectivity index (χ3n) is 4.89. The van der Waals surface area contributed by atoms with Crippen molar-refractivity contribution in [3.63, 3.8) is 0 Å². The molecule has 1 atom stereocenters. The maximum atomic E-state index is 13.2. The average molecular weight is 440 g/mol. The van der Waals surface area contributed by atoms with Crippen LogP contribution in [-0.4, -0.2) is 25.0 Å². The molecule has 0 aliphatic heterocycles. The zero-order chi connectivity index (χ0) is 19.2. The fourth-order valence-electron chi connectivity index (χ4n) is 3.35. The molecule has 0 radical (unpaired) electrons. The van der Waals surface area contributed by atoms with Gasteiger partial charge in [-0.25, -0.2) is 4.39 Å². The summed E-state index contributed by atoms with van der Waals surface area (Å²) in [5.74, 6) is -0.272. The lowest BCUT2D eigenvalue weighted by Crippen LogP contribution is -2.37. The van der Waals surface area contributed by atoms with E-state index in [1.165, 1.54) is 17.7 Å². The van der Waals surface area contributed by atoms with Crippen molar-refractivity contribution < 1.29 is 9.18 Å². The average Bonchev–Trinajstić information content (AvgIpc) is 3.07. The zero-order valence-corrected chi connectivity index (χ0v) is 17.8. The van der Waals surface area contributed by atoms with Crippen LogP contribution in [0.5, 0.6) is 0 Å². The fourth-order valence-corrected chi connectivity index (χ4v) is 3.35. The first-order valence-corrected chi connectivity index (χ1v) is 9.37. The van der Waals surface area contributed by atoms with E-state index in [9.17, 15) is 9.18 Å². The molecule has 0 heterocycles. The van der Waals surface area contributed by atoms with E-state index in [2.05, 4.69) is 23.5 Å². The highest BCUT2D eigenvalue weighted by atomic mass is 35.5. The number of amides is 1. The Balaban J connectivity index is 0.00000210. The molecule has 0 bridgehead atoms. The van der Waals surface area contributed by atoms with Gasteiger partial charge < -0.3 is 16.8 Å². The third kappa shape index (κ3) is 6.82. The van der Waals surface area contributed by atoms with Crippen molar-refractivity contribution in [3.05, 3.63) is 65.5 Å².